The third-order valence-electron chi connectivity index (χ3n) is 4.69. The molecule has 0 N–H and O–H groups in total. The molecule has 1 aliphatic rings. The number of ketones is 1. The van der Waals surface area contributed by atoms with Crippen molar-refractivity contribution in [3.05, 3.63) is 64.7 Å². The zero-order chi connectivity index (χ0) is 21.0. The topological polar surface area (TPSA) is 90.0 Å². The fourth-order valence-electron chi connectivity index (χ4n) is 3.33. The number of carbonyl (C=O) groups excluding carboxylic acids is 2. The van der Waals surface area contributed by atoms with E-state index in [0.717, 1.165) is 11.1 Å². The SMILES string of the molecule is COCc1cccc(C(=O)OCC(=O)c2ccc3c(c2)CCCN3S(C)(=O)=O)c1. The van der Waals surface area contributed by atoms with Crippen LogP contribution in [0.2, 0.25) is 0 Å². The molecule has 0 aliphatic carbocycles. The van der Waals surface area contributed by atoms with E-state index in [1.54, 1.807) is 43.5 Å². The lowest BCUT2D eigenvalue weighted by molar-refractivity contribution is 0.0474. The number of esters is 1. The maximum Gasteiger partial charge on any atom is 0.338 e. The minimum absolute atomic E-state index is 0.342. The number of rotatable bonds is 7. The Morgan fingerprint density at radius 2 is 1.90 bits per heavy atom. The van der Waals surface area contributed by atoms with Gasteiger partial charge in [0.2, 0.25) is 10.0 Å². The molecule has 154 valence electrons. The van der Waals surface area contributed by atoms with E-state index in [0.29, 0.717) is 42.8 Å². The Hall–Kier alpha value is -2.71. The lowest BCUT2D eigenvalue weighted by Crippen LogP contribution is -2.34. The standard InChI is InChI=1S/C21H23NO6S/c1-27-13-15-5-3-6-18(11-15)21(24)28-14-20(23)17-8-9-19-16(12-17)7-4-10-22(19)29(2,25)26/h3,5-6,8-9,11-12H,4,7,10,13-14H2,1-2H3. The van der Waals surface area contributed by atoms with E-state index in [2.05, 4.69) is 0 Å². The number of fused-ring (bicyclic) bond motifs is 1. The highest BCUT2D eigenvalue weighted by Crippen LogP contribution is 2.30. The Labute approximate surface area is 170 Å². The van der Waals surface area contributed by atoms with Crippen LogP contribution in [0.3, 0.4) is 0 Å². The van der Waals surface area contributed by atoms with Crippen molar-refractivity contribution in [2.75, 3.05) is 30.8 Å². The second kappa shape index (κ2) is 8.75. The molecule has 0 radical (unpaired) electrons. The lowest BCUT2D eigenvalue weighted by Gasteiger charge is -2.29. The summed E-state index contributed by atoms with van der Waals surface area (Å²) in [6.45, 7) is 0.417. The van der Waals surface area contributed by atoms with Gasteiger partial charge in [-0.1, -0.05) is 12.1 Å². The van der Waals surface area contributed by atoms with Gasteiger partial charge >= 0.3 is 5.97 Å². The first-order chi connectivity index (χ1) is 13.8. The molecule has 3 rings (SSSR count). The molecule has 8 heteroatoms. The maximum absolute atomic E-state index is 12.5. The van der Waals surface area contributed by atoms with Gasteiger partial charge in [-0.3, -0.25) is 9.10 Å². The number of ether oxygens (including phenoxy) is 2. The summed E-state index contributed by atoms with van der Waals surface area (Å²) in [4.78, 5) is 24.7. The van der Waals surface area contributed by atoms with Crippen LogP contribution in [0.15, 0.2) is 42.5 Å². The first-order valence-electron chi connectivity index (χ1n) is 9.18. The summed E-state index contributed by atoms with van der Waals surface area (Å²) >= 11 is 0. The van der Waals surface area contributed by atoms with Gasteiger partial charge in [-0.2, -0.15) is 0 Å². The molecule has 2 aromatic carbocycles. The molecule has 0 bridgehead atoms. The Morgan fingerprint density at radius 1 is 1.10 bits per heavy atom. The van der Waals surface area contributed by atoms with Crippen molar-refractivity contribution in [1.29, 1.82) is 0 Å². The molecule has 29 heavy (non-hydrogen) atoms. The minimum Gasteiger partial charge on any atom is -0.454 e. The number of nitrogens with zero attached hydrogens (tertiary/aromatic N) is 1. The normalized spacial score (nSPS) is 13.7. The van der Waals surface area contributed by atoms with E-state index >= 15 is 0 Å². The average Bonchev–Trinajstić information content (AvgIpc) is 2.70. The Kier molecular flexibility index (Phi) is 6.34. The fourth-order valence-corrected chi connectivity index (χ4v) is 4.33. The number of aryl methyl sites for hydroxylation is 1. The van der Waals surface area contributed by atoms with Gasteiger partial charge in [0.05, 0.1) is 24.1 Å². The molecule has 1 heterocycles. The van der Waals surface area contributed by atoms with E-state index < -0.39 is 16.0 Å². The van der Waals surface area contributed by atoms with Crippen molar-refractivity contribution in [1.82, 2.24) is 0 Å². The number of methoxy groups -OCH3 is 1. The van der Waals surface area contributed by atoms with E-state index in [1.807, 2.05) is 6.07 Å². The summed E-state index contributed by atoms with van der Waals surface area (Å²) in [5.41, 5.74) is 2.97. The average molecular weight is 417 g/mol. The molecular weight excluding hydrogens is 394 g/mol. The van der Waals surface area contributed by atoms with Gasteiger partial charge in [-0.15, -0.1) is 0 Å². The molecule has 0 saturated heterocycles. The fraction of sp³-hybridized carbons (Fsp3) is 0.333. The summed E-state index contributed by atoms with van der Waals surface area (Å²) in [6.07, 6.45) is 2.54. The van der Waals surface area contributed by atoms with Crippen LogP contribution in [0.4, 0.5) is 5.69 Å². The first-order valence-corrected chi connectivity index (χ1v) is 11.0. The summed E-state index contributed by atoms with van der Waals surface area (Å²) < 4.78 is 35.4. The predicted molar refractivity (Wildman–Crippen MR) is 109 cm³/mol. The predicted octanol–water partition coefficient (Wildman–Crippen LogP) is 2.58. The Balaban J connectivity index is 1.69. The van der Waals surface area contributed by atoms with E-state index in [-0.39, 0.29) is 12.4 Å². The van der Waals surface area contributed by atoms with Crippen LogP contribution in [0.1, 0.15) is 38.3 Å². The molecule has 2 aromatic rings. The summed E-state index contributed by atoms with van der Waals surface area (Å²) in [6, 6.07) is 11.7. The van der Waals surface area contributed by atoms with Gasteiger partial charge in [0, 0.05) is 19.2 Å². The highest BCUT2D eigenvalue weighted by atomic mass is 32.2. The Morgan fingerprint density at radius 3 is 2.62 bits per heavy atom. The van der Waals surface area contributed by atoms with Crippen molar-refractivity contribution in [3.63, 3.8) is 0 Å². The summed E-state index contributed by atoms with van der Waals surface area (Å²) in [5, 5.41) is 0. The molecule has 7 nitrogen and oxygen atoms in total. The van der Waals surface area contributed by atoms with Crippen molar-refractivity contribution < 1.29 is 27.5 Å². The van der Waals surface area contributed by atoms with Gasteiger partial charge in [0.15, 0.2) is 12.4 Å². The number of hydrogen-bond acceptors (Lipinski definition) is 6. The molecule has 0 amide bonds. The molecular formula is C21H23NO6S. The highest BCUT2D eigenvalue weighted by Gasteiger charge is 2.25. The van der Waals surface area contributed by atoms with Crippen molar-refractivity contribution in [2.45, 2.75) is 19.4 Å². The van der Waals surface area contributed by atoms with Crippen molar-refractivity contribution in [2.24, 2.45) is 0 Å². The van der Waals surface area contributed by atoms with Crippen LogP contribution < -0.4 is 4.31 Å². The monoisotopic (exact) mass is 417 g/mol. The smallest absolute Gasteiger partial charge is 0.338 e. The minimum atomic E-state index is -3.36. The second-order valence-electron chi connectivity index (χ2n) is 6.91. The van der Waals surface area contributed by atoms with Crippen molar-refractivity contribution in [3.8, 4) is 0 Å². The second-order valence-corrected chi connectivity index (χ2v) is 8.82. The third kappa shape index (κ3) is 5.02. The zero-order valence-corrected chi connectivity index (χ0v) is 17.2. The Bertz CT molecular complexity index is 1030. The molecule has 0 atom stereocenters. The number of anilines is 1. The number of sulfonamides is 1. The molecule has 0 unspecified atom stereocenters. The molecule has 0 fully saturated rings. The highest BCUT2D eigenvalue weighted by molar-refractivity contribution is 7.92. The number of hydrogen-bond donors (Lipinski definition) is 0. The number of benzene rings is 2. The van der Waals surface area contributed by atoms with Crippen LogP contribution in [-0.4, -0.2) is 46.7 Å². The van der Waals surface area contributed by atoms with Crippen LogP contribution in [0, 0.1) is 0 Å². The molecule has 0 spiro atoms. The lowest BCUT2D eigenvalue weighted by atomic mass is 9.99. The molecule has 0 saturated carbocycles. The van der Waals surface area contributed by atoms with Crippen molar-refractivity contribution >= 4 is 27.5 Å². The van der Waals surface area contributed by atoms with Gasteiger partial charge in [0.1, 0.15) is 0 Å². The van der Waals surface area contributed by atoms with Gasteiger partial charge in [-0.05, 0) is 54.3 Å². The number of carbonyl (C=O) groups is 2. The van der Waals surface area contributed by atoms with Gasteiger partial charge in [-0.25, -0.2) is 13.2 Å². The third-order valence-corrected chi connectivity index (χ3v) is 5.87. The summed E-state index contributed by atoms with van der Waals surface area (Å²) in [5.74, 6) is -0.928. The van der Waals surface area contributed by atoms with Crippen LogP contribution in [0.5, 0.6) is 0 Å². The quantitative estimate of drug-likeness (QED) is 0.508. The largest absolute Gasteiger partial charge is 0.454 e. The van der Waals surface area contributed by atoms with Crippen LogP contribution >= 0.6 is 0 Å². The van der Waals surface area contributed by atoms with E-state index in [9.17, 15) is 18.0 Å². The van der Waals surface area contributed by atoms with Gasteiger partial charge < -0.3 is 9.47 Å². The van der Waals surface area contributed by atoms with Crippen LogP contribution in [-0.2, 0) is 32.5 Å². The zero-order valence-electron chi connectivity index (χ0n) is 16.4. The molecule has 0 aromatic heterocycles. The summed E-state index contributed by atoms with van der Waals surface area (Å²) in [7, 11) is -1.80. The van der Waals surface area contributed by atoms with Gasteiger partial charge in [0.25, 0.3) is 0 Å². The molecule has 1 aliphatic heterocycles. The van der Waals surface area contributed by atoms with E-state index in [4.69, 9.17) is 9.47 Å². The van der Waals surface area contributed by atoms with E-state index in [1.165, 1.54) is 10.6 Å². The maximum atomic E-state index is 12.5. The first kappa shape index (κ1) is 21.0. The number of Topliss-reactive ketones (excluding diaryl/α,β-unsaturated/α-hetero) is 1. The van der Waals surface area contributed by atoms with Crippen LogP contribution in [0.25, 0.3) is 0 Å².